The normalized spacial score (nSPS) is 18.8. The van der Waals surface area contributed by atoms with Gasteiger partial charge in [-0.25, -0.2) is 4.68 Å². The Morgan fingerprint density at radius 3 is 2.55 bits per heavy atom. The minimum Gasteiger partial charge on any atom is -0.379 e. The van der Waals surface area contributed by atoms with Crippen LogP contribution in [-0.4, -0.2) is 69.4 Å². The van der Waals surface area contributed by atoms with Gasteiger partial charge in [0.15, 0.2) is 0 Å². The minimum atomic E-state index is -4.23. The second-order valence-corrected chi connectivity index (χ2v) is 6.40. The highest BCUT2D eigenvalue weighted by Crippen LogP contribution is 2.30. The monoisotopic (exact) mass is 339 g/mol. The number of hydrogen-bond donors (Lipinski definition) is 0. The largest absolute Gasteiger partial charge is 0.404 e. The lowest BCUT2D eigenvalue weighted by molar-refractivity contribution is -0.192. The third-order valence-corrected chi connectivity index (χ3v) is 4.41. The predicted molar refractivity (Wildman–Crippen MR) is 75.8 cm³/mol. The summed E-state index contributed by atoms with van der Waals surface area (Å²) in [7, 11) is 0. The predicted octanol–water partition coefficient (Wildman–Crippen LogP) is 2.00. The number of alkyl halides is 3. The van der Waals surface area contributed by atoms with Crippen LogP contribution in [0.2, 0.25) is 0 Å². The Bertz CT molecular complexity index is 462. The second kappa shape index (κ2) is 7.60. The molecule has 1 aliphatic heterocycles. The van der Waals surface area contributed by atoms with Gasteiger partial charge < -0.3 is 4.74 Å². The zero-order valence-corrected chi connectivity index (χ0v) is 13.4. The van der Waals surface area contributed by atoms with Gasteiger partial charge in [0, 0.05) is 18.8 Å². The second-order valence-electron chi connectivity index (χ2n) is 5.34. The summed E-state index contributed by atoms with van der Waals surface area (Å²) < 4.78 is 46.5. The Hall–Kier alpha value is -0.870. The molecule has 0 spiro atoms. The topological polar surface area (TPSA) is 56.1 Å². The van der Waals surface area contributed by atoms with Crippen molar-refractivity contribution in [2.75, 3.05) is 32.1 Å². The first kappa shape index (κ1) is 17.5. The van der Waals surface area contributed by atoms with Crippen LogP contribution in [0.3, 0.4) is 0 Å². The Morgan fingerprint density at radius 1 is 1.27 bits per heavy atom. The van der Waals surface area contributed by atoms with E-state index in [9.17, 15) is 13.2 Å². The van der Waals surface area contributed by atoms with Crippen LogP contribution in [0.1, 0.15) is 26.3 Å². The van der Waals surface area contributed by atoms with E-state index in [-0.39, 0.29) is 12.5 Å². The summed E-state index contributed by atoms with van der Waals surface area (Å²) >= 11 is 1.26. The summed E-state index contributed by atoms with van der Waals surface area (Å²) in [4.78, 5) is 1.45. The van der Waals surface area contributed by atoms with Crippen molar-refractivity contribution in [3.05, 3.63) is 0 Å². The maximum Gasteiger partial charge on any atom is 0.404 e. The van der Waals surface area contributed by atoms with E-state index in [0.29, 0.717) is 37.2 Å². The lowest BCUT2D eigenvalue weighted by atomic mass is 10.1. The van der Waals surface area contributed by atoms with Crippen molar-refractivity contribution in [2.24, 2.45) is 0 Å². The third kappa shape index (κ3) is 4.56. The fourth-order valence-corrected chi connectivity index (χ4v) is 3.31. The first-order valence-corrected chi connectivity index (χ1v) is 8.17. The zero-order valence-electron chi connectivity index (χ0n) is 12.6. The molecule has 1 aliphatic rings. The van der Waals surface area contributed by atoms with Crippen LogP contribution in [0.4, 0.5) is 13.2 Å². The van der Waals surface area contributed by atoms with Crippen molar-refractivity contribution in [3.8, 4) is 0 Å². The van der Waals surface area contributed by atoms with Crippen LogP contribution in [0.25, 0.3) is 0 Å². The number of hydrogen-bond acceptors (Lipinski definition) is 6. The number of rotatable bonds is 6. The molecule has 0 aromatic carbocycles. The van der Waals surface area contributed by atoms with E-state index in [2.05, 4.69) is 15.5 Å². The molecule has 1 saturated heterocycles. The van der Waals surface area contributed by atoms with Gasteiger partial charge in [0.05, 0.1) is 19.3 Å². The molecule has 1 unspecified atom stereocenters. The van der Waals surface area contributed by atoms with E-state index in [4.69, 9.17) is 4.74 Å². The van der Waals surface area contributed by atoms with E-state index in [1.54, 1.807) is 4.68 Å². The number of ether oxygens (including phenoxy) is 1. The molecule has 2 heterocycles. The highest BCUT2D eigenvalue weighted by atomic mass is 32.2. The van der Waals surface area contributed by atoms with Crippen LogP contribution in [0.15, 0.2) is 5.16 Å². The third-order valence-electron chi connectivity index (χ3n) is 3.44. The molecule has 0 bridgehead atoms. The summed E-state index contributed by atoms with van der Waals surface area (Å²) in [6.45, 7) is 5.19. The summed E-state index contributed by atoms with van der Waals surface area (Å²) in [5, 5.41) is 11.8. The lowest BCUT2D eigenvalue weighted by Gasteiger charge is -2.35. The maximum absolute atomic E-state index is 13.2. The van der Waals surface area contributed by atoms with Crippen LogP contribution >= 0.6 is 11.8 Å². The Morgan fingerprint density at radius 2 is 1.95 bits per heavy atom. The molecule has 0 N–H and O–H groups in total. The van der Waals surface area contributed by atoms with Gasteiger partial charge in [-0.15, -0.1) is 5.10 Å². The summed E-state index contributed by atoms with van der Waals surface area (Å²) in [6, 6.07) is -1.36. The molecule has 6 nitrogen and oxygen atoms in total. The molecule has 1 aromatic rings. The molecule has 126 valence electrons. The molecule has 0 amide bonds. The van der Waals surface area contributed by atoms with Crippen molar-refractivity contribution >= 4 is 11.8 Å². The van der Waals surface area contributed by atoms with Crippen molar-refractivity contribution in [1.29, 1.82) is 0 Å². The van der Waals surface area contributed by atoms with Gasteiger partial charge >= 0.3 is 6.18 Å². The highest BCUT2D eigenvalue weighted by Gasteiger charge is 2.43. The molecule has 10 heteroatoms. The first-order valence-electron chi connectivity index (χ1n) is 7.18. The Kier molecular flexibility index (Phi) is 6.04. The number of halogens is 3. The van der Waals surface area contributed by atoms with Crippen LogP contribution in [-0.2, 0) is 4.74 Å². The van der Waals surface area contributed by atoms with Crippen molar-refractivity contribution in [2.45, 2.75) is 43.7 Å². The van der Waals surface area contributed by atoms with Gasteiger partial charge in [0.25, 0.3) is 0 Å². The SMILES string of the molecule is CC(C)n1nnnc1SCCC(N1CCOCC1)C(F)(F)F. The van der Waals surface area contributed by atoms with Crippen molar-refractivity contribution in [1.82, 2.24) is 25.1 Å². The summed E-state index contributed by atoms with van der Waals surface area (Å²) in [5.74, 6) is 0.314. The molecule has 1 atom stereocenters. The quantitative estimate of drug-likeness (QED) is 0.739. The first-order chi connectivity index (χ1) is 10.4. The minimum absolute atomic E-state index is 0.0130. The van der Waals surface area contributed by atoms with Crippen molar-refractivity contribution < 1.29 is 17.9 Å². The smallest absolute Gasteiger partial charge is 0.379 e. The fourth-order valence-electron chi connectivity index (χ4n) is 2.31. The van der Waals surface area contributed by atoms with Crippen LogP contribution < -0.4 is 0 Å². The standard InChI is InChI=1S/C12H20F3N5OS/c1-9(2)20-11(16-17-18-20)22-8-3-10(12(13,14)15)19-4-6-21-7-5-19/h9-10H,3-8H2,1-2H3. The number of nitrogens with zero attached hydrogens (tertiary/aromatic N) is 5. The lowest BCUT2D eigenvalue weighted by Crippen LogP contribution is -2.50. The molecule has 0 saturated carbocycles. The highest BCUT2D eigenvalue weighted by molar-refractivity contribution is 7.99. The van der Waals surface area contributed by atoms with E-state index >= 15 is 0 Å². The number of morpholine rings is 1. The van der Waals surface area contributed by atoms with E-state index in [0.717, 1.165) is 0 Å². The average Bonchev–Trinajstić information content (AvgIpc) is 2.92. The number of aromatic nitrogens is 4. The van der Waals surface area contributed by atoms with Gasteiger partial charge in [0.2, 0.25) is 5.16 Å². The average molecular weight is 339 g/mol. The molecule has 2 rings (SSSR count). The number of thioether (sulfide) groups is 1. The van der Waals surface area contributed by atoms with Crippen LogP contribution in [0.5, 0.6) is 0 Å². The van der Waals surface area contributed by atoms with Crippen LogP contribution in [0, 0.1) is 0 Å². The molecule has 1 aromatic heterocycles. The maximum atomic E-state index is 13.2. The zero-order chi connectivity index (χ0) is 16.2. The van der Waals surface area contributed by atoms with Gasteiger partial charge in [-0.05, 0) is 30.7 Å². The van der Waals surface area contributed by atoms with Gasteiger partial charge in [-0.3, -0.25) is 4.90 Å². The van der Waals surface area contributed by atoms with Crippen molar-refractivity contribution in [3.63, 3.8) is 0 Å². The summed E-state index contributed by atoms with van der Waals surface area (Å²) in [6.07, 6.45) is -4.22. The molecule has 22 heavy (non-hydrogen) atoms. The fraction of sp³-hybridized carbons (Fsp3) is 0.917. The van der Waals surface area contributed by atoms with Gasteiger partial charge in [-0.2, -0.15) is 13.2 Å². The summed E-state index contributed by atoms with van der Waals surface area (Å²) in [5.41, 5.74) is 0. The molecular formula is C12H20F3N5OS. The molecular weight excluding hydrogens is 319 g/mol. The molecule has 1 fully saturated rings. The van der Waals surface area contributed by atoms with E-state index < -0.39 is 12.2 Å². The van der Waals surface area contributed by atoms with Gasteiger partial charge in [-0.1, -0.05) is 11.8 Å². The van der Waals surface area contributed by atoms with E-state index in [1.165, 1.54) is 16.7 Å². The molecule has 0 aliphatic carbocycles. The Balaban J connectivity index is 1.92. The van der Waals surface area contributed by atoms with Gasteiger partial charge in [0.1, 0.15) is 6.04 Å². The molecule has 0 radical (unpaired) electrons. The van der Waals surface area contributed by atoms with E-state index in [1.807, 2.05) is 13.8 Å². The number of tetrazole rings is 1. The Labute approximate surface area is 131 Å².